The Morgan fingerprint density at radius 1 is 0.344 bits per heavy atom. The first-order valence-corrected chi connectivity index (χ1v) is 21.2. The van der Waals surface area contributed by atoms with Gasteiger partial charge in [0.1, 0.15) is 11.2 Å². The Hall–Kier alpha value is -7.68. The fourth-order valence-corrected chi connectivity index (χ4v) is 9.98. The van der Waals surface area contributed by atoms with E-state index >= 15 is 0 Å². The monoisotopic (exact) mass is 779 g/mol. The fraction of sp³-hybridized carbons (Fsp3) is 0.0508. The van der Waals surface area contributed by atoms with Crippen LogP contribution in [-0.2, 0) is 5.41 Å². The molecule has 0 atom stereocenters. The molecule has 0 radical (unpaired) electrons. The van der Waals surface area contributed by atoms with E-state index in [2.05, 4.69) is 231 Å². The summed E-state index contributed by atoms with van der Waals surface area (Å²) < 4.78 is 6.61. The van der Waals surface area contributed by atoms with Gasteiger partial charge in [-0.1, -0.05) is 172 Å². The van der Waals surface area contributed by atoms with Crippen molar-refractivity contribution in [2.75, 3.05) is 4.90 Å². The molecule has 288 valence electrons. The van der Waals surface area contributed by atoms with Crippen molar-refractivity contribution in [2.45, 2.75) is 19.3 Å². The highest BCUT2D eigenvalue weighted by atomic mass is 16.3. The average molecular weight is 780 g/mol. The lowest BCUT2D eigenvalue weighted by atomic mass is 9.82. The second-order valence-electron chi connectivity index (χ2n) is 16.9. The lowest BCUT2D eigenvalue weighted by molar-refractivity contribution is 0.660. The quantitative estimate of drug-likeness (QED) is 0.167. The van der Waals surface area contributed by atoms with Crippen LogP contribution < -0.4 is 4.90 Å². The van der Waals surface area contributed by atoms with Gasteiger partial charge in [0.05, 0.1) is 0 Å². The van der Waals surface area contributed by atoms with Crippen molar-refractivity contribution in [3.63, 3.8) is 0 Å². The Kier molecular flexibility index (Phi) is 7.92. The average Bonchev–Trinajstić information content (AvgIpc) is 3.80. The molecule has 0 unspecified atom stereocenters. The maximum absolute atomic E-state index is 6.61. The smallest absolute Gasteiger partial charge is 0.143 e. The van der Waals surface area contributed by atoms with Crippen molar-refractivity contribution in [2.24, 2.45) is 0 Å². The zero-order chi connectivity index (χ0) is 40.7. The second-order valence-corrected chi connectivity index (χ2v) is 16.9. The third-order valence-corrected chi connectivity index (χ3v) is 13.1. The van der Waals surface area contributed by atoms with Crippen LogP contribution in [0.3, 0.4) is 0 Å². The van der Waals surface area contributed by atoms with E-state index < -0.39 is 0 Å². The van der Waals surface area contributed by atoms with Gasteiger partial charge in [0, 0.05) is 38.6 Å². The molecule has 0 N–H and O–H groups in total. The zero-order valence-corrected chi connectivity index (χ0v) is 34.1. The summed E-state index contributed by atoms with van der Waals surface area (Å²) in [6.45, 7) is 4.71. The molecule has 0 aliphatic heterocycles. The Morgan fingerprint density at radius 3 is 1.72 bits per heavy atom. The van der Waals surface area contributed by atoms with E-state index in [0.29, 0.717) is 0 Å². The summed E-state index contributed by atoms with van der Waals surface area (Å²) in [6.07, 6.45) is 0. The molecule has 0 saturated carbocycles. The maximum atomic E-state index is 6.61. The summed E-state index contributed by atoms with van der Waals surface area (Å²) in [5, 5.41) is 7.05. The normalized spacial score (nSPS) is 12.9. The molecule has 0 saturated heterocycles. The number of rotatable bonds is 6. The molecule has 1 heterocycles. The van der Waals surface area contributed by atoms with Crippen LogP contribution in [0.2, 0.25) is 0 Å². The van der Waals surface area contributed by atoms with Crippen LogP contribution in [-0.4, -0.2) is 0 Å². The number of hydrogen-bond acceptors (Lipinski definition) is 2. The standard InChI is InChI=1S/C59H41NO/c1-59(2)55-22-11-10-19-49(55)50-33-32-45(36-56(50)59)60(43-28-23-40(24-29-43)47-21-12-16-39-15-6-7-17-46(39)47)44-30-25-41(26-31-44)52-37-54-53-35-42(38-13-4-3-5-14-38)27-34-57(53)61-58(54)51-20-9-8-18-48(51)52/h3-37H,1-2H3. The first-order chi connectivity index (χ1) is 30.0. The van der Waals surface area contributed by atoms with Gasteiger partial charge in [-0.25, -0.2) is 0 Å². The summed E-state index contributed by atoms with van der Waals surface area (Å²) in [4.78, 5) is 2.41. The third kappa shape index (κ3) is 5.64. The van der Waals surface area contributed by atoms with Crippen LogP contribution in [0.5, 0.6) is 0 Å². The molecular formula is C59H41NO. The van der Waals surface area contributed by atoms with Crippen LogP contribution in [0.15, 0.2) is 217 Å². The molecule has 1 aliphatic rings. The van der Waals surface area contributed by atoms with E-state index in [1.807, 2.05) is 0 Å². The molecule has 0 spiro atoms. The van der Waals surface area contributed by atoms with Gasteiger partial charge in [0.2, 0.25) is 0 Å². The Morgan fingerprint density at radius 2 is 0.934 bits per heavy atom. The Balaban J connectivity index is 0.993. The van der Waals surface area contributed by atoms with Gasteiger partial charge in [0.25, 0.3) is 0 Å². The third-order valence-electron chi connectivity index (χ3n) is 13.1. The highest BCUT2D eigenvalue weighted by Gasteiger charge is 2.35. The van der Waals surface area contributed by atoms with Crippen molar-refractivity contribution < 1.29 is 4.42 Å². The Labute approximate surface area is 355 Å². The molecule has 0 bridgehead atoms. The van der Waals surface area contributed by atoms with E-state index in [4.69, 9.17) is 4.42 Å². The lowest BCUT2D eigenvalue weighted by Crippen LogP contribution is -2.16. The largest absolute Gasteiger partial charge is 0.455 e. The predicted octanol–water partition coefficient (Wildman–Crippen LogP) is 16.7. The molecule has 2 nitrogen and oxygen atoms in total. The SMILES string of the molecule is CC1(C)c2ccccc2-c2ccc(N(c3ccc(-c4cccc5ccccc45)cc3)c3ccc(-c4cc5c6cc(-c7ccccc7)ccc6oc5c5ccccc45)cc3)cc21. The first-order valence-electron chi connectivity index (χ1n) is 21.2. The minimum Gasteiger partial charge on any atom is -0.455 e. The van der Waals surface area contributed by atoms with Crippen LogP contribution in [0, 0.1) is 0 Å². The van der Waals surface area contributed by atoms with Gasteiger partial charge in [-0.15, -0.1) is 0 Å². The van der Waals surface area contributed by atoms with Crippen molar-refractivity contribution in [1.29, 1.82) is 0 Å². The second kappa shape index (κ2) is 13.7. The summed E-state index contributed by atoms with van der Waals surface area (Å²) in [7, 11) is 0. The molecule has 1 aromatic heterocycles. The molecule has 2 heteroatoms. The van der Waals surface area contributed by atoms with Crippen LogP contribution in [0.4, 0.5) is 17.1 Å². The number of nitrogens with zero attached hydrogens (tertiary/aromatic N) is 1. The van der Waals surface area contributed by atoms with Crippen molar-refractivity contribution >= 4 is 60.5 Å². The van der Waals surface area contributed by atoms with E-state index in [9.17, 15) is 0 Å². The molecule has 10 aromatic carbocycles. The minimum atomic E-state index is -0.117. The van der Waals surface area contributed by atoms with Crippen LogP contribution in [0.1, 0.15) is 25.0 Å². The summed E-state index contributed by atoms with van der Waals surface area (Å²) in [5.74, 6) is 0. The van der Waals surface area contributed by atoms with Crippen molar-refractivity contribution in [1.82, 2.24) is 0 Å². The number of anilines is 3. The number of benzene rings is 10. The number of hydrogen-bond donors (Lipinski definition) is 0. The van der Waals surface area contributed by atoms with E-state index in [1.165, 1.54) is 66.2 Å². The summed E-state index contributed by atoms with van der Waals surface area (Å²) in [5.41, 5.74) is 17.6. The highest BCUT2D eigenvalue weighted by Crippen LogP contribution is 2.51. The van der Waals surface area contributed by atoms with E-state index in [-0.39, 0.29) is 5.41 Å². The number of furan rings is 1. The molecule has 11 aromatic rings. The van der Waals surface area contributed by atoms with Gasteiger partial charge in [-0.05, 0) is 126 Å². The van der Waals surface area contributed by atoms with Crippen LogP contribution in [0.25, 0.3) is 88.0 Å². The number of fused-ring (bicyclic) bond motifs is 9. The minimum absolute atomic E-state index is 0.117. The van der Waals surface area contributed by atoms with Gasteiger partial charge in [0.15, 0.2) is 0 Å². The highest BCUT2D eigenvalue weighted by molar-refractivity contribution is 6.19. The topological polar surface area (TPSA) is 16.4 Å². The molecule has 12 rings (SSSR count). The maximum Gasteiger partial charge on any atom is 0.143 e. The predicted molar refractivity (Wildman–Crippen MR) is 257 cm³/mol. The molecule has 1 aliphatic carbocycles. The van der Waals surface area contributed by atoms with E-state index in [0.717, 1.165) is 50.0 Å². The summed E-state index contributed by atoms with van der Waals surface area (Å²) in [6, 6.07) is 77.4. The van der Waals surface area contributed by atoms with Gasteiger partial charge < -0.3 is 9.32 Å². The van der Waals surface area contributed by atoms with Crippen molar-refractivity contribution in [3.05, 3.63) is 223 Å². The summed E-state index contributed by atoms with van der Waals surface area (Å²) >= 11 is 0. The van der Waals surface area contributed by atoms with Crippen molar-refractivity contribution in [3.8, 4) is 44.5 Å². The molecule has 61 heavy (non-hydrogen) atoms. The van der Waals surface area contributed by atoms with Gasteiger partial charge in [-0.2, -0.15) is 0 Å². The molecule has 0 amide bonds. The Bertz CT molecular complexity index is 3480. The van der Waals surface area contributed by atoms with Gasteiger partial charge >= 0.3 is 0 Å². The van der Waals surface area contributed by atoms with Crippen LogP contribution >= 0.6 is 0 Å². The fourth-order valence-electron chi connectivity index (χ4n) is 9.98. The first kappa shape index (κ1) is 35.3. The van der Waals surface area contributed by atoms with E-state index in [1.54, 1.807) is 0 Å². The molecular weight excluding hydrogens is 739 g/mol. The zero-order valence-electron chi connectivity index (χ0n) is 34.1. The lowest BCUT2D eigenvalue weighted by Gasteiger charge is -2.28. The molecule has 0 fully saturated rings. The van der Waals surface area contributed by atoms with Gasteiger partial charge in [-0.3, -0.25) is 0 Å².